The third-order valence-electron chi connectivity index (χ3n) is 8.93. The molecule has 3 aliphatic heterocycles. The minimum absolute atomic E-state index is 0.0489. The molecule has 1 aliphatic carbocycles. The third-order valence-corrected chi connectivity index (χ3v) is 8.93. The maximum atomic E-state index is 13.9. The van der Waals surface area contributed by atoms with E-state index in [-0.39, 0.29) is 23.0 Å². The van der Waals surface area contributed by atoms with Crippen molar-refractivity contribution in [1.29, 1.82) is 0 Å². The summed E-state index contributed by atoms with van der Waals surface area (Å²) in [5.74, 6) is 0.359. The molecule has 198 valence electrons. The number of ether oxygens (including phenoxy) is 3. The molecule has 37 heavy (non-hydrogen) atoms. The molecule has 1 N–H and O–H groups in total. The van der Waals surface area contributed by atoms with Crippen molar-refractivity contribution in [1.82, 2.24) is 14.8 Å². The van der Waals surface area contributed by atoms with E-state index in [4.69, 9.17) is 14.2 Å². The number of carbonyl (C=O) groups excluding carboxylic acids is 1. The summed E-state index contributed by atoms with van der Waals surface area (Å²) in [5, 5.41) is 0. The molecule has 2 fully saturated rings. The Bertz CT molecular complexity index is 1340. The highest BCUT2D eigenvalue weighted by atomic mass is 16.8. The van der Waals surface area contributed by atoms with Gasteiger partial charge in [0.2, 0.25) is 0 Å². The van der Waals surface area contributed by atoms with Crippen molar-refractivity contribution in [3.63, 3.8) is 0 Å². The summed E-state index contributed by atoms with van der Waals surface area (Å²) in [4.78, 5) is 33.6. The minimum atomic E-state index is -0.930. The standard InChI is InChI=1S/C29H37N3O5/c1-16-11-17(2)30-26(33)20(16)13-32-15-29(9-10-29)21-12-22-25(18(3)24(21)27(32)34)37-28(4,36-22)23-8-7-19(14-35-23)31(5)6/h11-12,19,23H,7-10,13-15H2,1-6H3,(H,30,33)/t19-,23+,28+/m1/s1. The Morgan fingerprint density at radius 2 is 1.86 bits per heavy atom. The van der Waals surface area contributed by atoms with Crippen molar-refractivity contribution < 1.29 is 19.0 Å². The monoisotopic (exact) mass is 507 g/mol. The van der Waals surface area contributed by atoms with Crippen molar-refractivity contribution >= 4 is 5.91 Å². The van der Waals surface area contributed by atoms with Gasteiger partial charge >= 0.3 is 0 Å². The maximum Gasteiger partial charge on any atom is 0.274 e. The summed E-state index contributed by atoms with van der Waals surface area (Å²) < 4.78 is 19.2. The zero-order valence-corrected chi connectivity index (χ0v) is 22.7. The lowest BCUT2D eigenvalue weighted by Gasteiger charge is -2.38. The molecule has 1 aromatic heterocycles. The molecule has 0 radical (unpaired) electrons. The van der Waals surface area contributed by atoms with Gasteiger partial charge in [0.15, 0.2) is 11.5 Å². The summed E-state index contributed by atoms with van der Waals surface area (Å²) in [7, 11) is 4.15. The second kappa shape index (κ2) is 8.33. The van der Waals surface area contributed by atoms with Crippen molar-refractivity contribution in [2.75, 3.05) is 27.2 Å². The molecule has 4 aliphatic rings. The van der Waals surface area contributed by atoms with Gasteiger partial charge in [0.05, 0.1) is 18.7 Å². The van der Waals surface area contributed by atoms with Crippen LogP contribution in [0.1, 0.15) is 70.9 Å². The molecule has 1 spiro atoms. The fourth-order valence-electron chi connectivity index (χ4n) is 6.45. The van der Waals surface area contributed by atoms with Crippen LogP contribution >= 0.6 is 0 Å². The number of benzene rings is 1. The van der Waals surface area contributed by atoms with Gasteiger partial charge in [-0.1, -0.05) is 0 Å². The molecule has 0 unspecified atom stereocenters. The largest absolute Gasteiger partial charge is 0.446 e. The fraction of sp³-hybridized carbons (Fsp3) is 0.586. The number of nitrogens with zero attached hydrogens (tertiary/aromatic N) is 2. The van der Waals surface area contributed by atoms with E-state index in [1.54, 1.807) is 0 Å². The van der Waals surface area contributed by atoms with Crippen LogP contribution in [0, 0.1) is 20.8 Å². The summed E-state index contributed by atoms with van der Waals surface area (Å²) in [6, 6.07) is 4.39. The zero-order valence-electron chi connectivity index (χ0n) is 22.7. The molecular weight excluding hydrogens is 470 g/mol. The van der Waals surface area contributed by atoms with Crippen molar-refractivity contribution in [3.05, 3.63) is 56.0 Å². The van der Waals surface area contributed by atoms with Crippen molar-refractivity contribution in [3.8, 4) is 11.5 Å². The number of pyridine rings is 1. The van der Waals surface area contributed by atoms with Gasteiger partial charge in [-0.15, -0.1) is 0 Å². The maximum absolute atomic E-state index is 13.9. The summed E-state index contributed by atoms with van der Waals surface area (Å²) in [6.45, 7) is 9.26. The molecular formula is C29H37N3O5. The Kier molecular flexibility index (Phi) is 5.52. The minimum Gasteiger partial charge on any atom is -0.446 e. The number of hydrogen-bond acceptors (Lipinski definition) is 6. The predicted molar refractivity (Wildman–Crippen MR) is 139 cm³/mol. The molecule has 0 bridgehead atoms. The molecule has 1 saturated heterocycles. The summed E-state index contributed by atoms with van der Waals surface area (Å²) in [6.07, 6.45) is 3.70. The molecule has 1 saturated carbocycles. The van der Waals surface area contributed by atoms with E-state index in [2.05, 4.69) is 24.0 Å². The molecule has 1 aromatic carbocycles. The highest BCUT2D eigenvalue weighted by Crippen LogP contribution is 2.57. The number of fused-ring (bicyclic) bond motifs is 3. The van der Waals surface area contributed by atoms with Gasteiger partial charge in [-0.3, -0.25) is 9.59 Å². The van der Waals surface area contributed by atoms with Crippen LogP contribution in [0.5, 0.6) is 11.5 Å². The van der Waals surface area contributed by atoms with E-state index in [1.165, 1.54) is 0 Å². The Morgan fingerprint density at radius 1 is 1.11 bits per heavy atom. The number of aromatic amines is 1. The van der Waals surface area contributed by atoms with E-state index < -0.39 is 5.79 Å². The van der Waals surface area contributed by atoms with Gasteiger partial charge < -0.3 is 29.0 Å². The number of carbonyl (C=O) groups is 1. The molecule has 2 aromatic rings. The van der Waals surface area contributed by atoms with Crippen LogP contribution in [0.15, 0.2) is 16.9 Å². The number of H-pyrrole nitrogens is 1. The van der Waals surface area contributed by atoms with Crippen molar-refractivity contribution in [2.45, 2.75) is 83.3 Å². The first-order valence-electron chi connectivity index (χ1n) is 13.3. The SMILES string of the molecule is Cc1cc(C)c(CN2CC3(CC3)c3cc4c(c(C)c3C2=O)O[C@@](C)([C@@H]2CC[C@@H](N(C)C)CO2)O4)c(=O)[nH]1. The number of aromatic nitrogens is 1. The second-order valence-electron chi connectivity index (χ2n) is 11.9. The number of hydrogen-bond donors (Lipinski definition) is 1. The Labute approximate surface area is 217 Å². The molecule has 3 atom stereocenters. The second-order valence-corrected chi connectivity index (χ2v) is 11.9. The lowest BCUT2D eigenvalue weighted by atomic mass is 9.83. The molecule has 6 rings (SSSR count). The quantitative estimate of drug-likeness (QED) is 0.681. The average molecular weight is 508 g/mol. The average Bonchev–Trinajstić information content (AvgIpc) is 3.52. The topological polar surface area (TPSA) is 84.1 Å². The Balaban J connectivity index is 1.31. The number of likely N-dealkylation sites (N-methyl/N-ethyl adjacent to an activating group) is 1. The predicted octanol–water partition coefficient (Wildman–Crippen LogP) is 3.58. The number of rotatable bonds is 4. The van der Waals surface area contributed by atoms with E-state index in [0.717, 1.165) is 48.1 Å². The number of nitrogens with one attached hydrogen (secondary N) is 1. The first kappa shape index (κ1) is 24.5. The van der Waals surface area contributed by atoms with Gasteiger partial charge in [0.25, 0.3) is 17.3 Å². The van der Waals surface area contributed by atoms with Gasteiger partial charge in [-0.2, -0.15) is 0 Å². The van der Waals surface area contributed by atoms with Gasteiger partial charge in [-0.25, -0.2) is 0 Å². The first-order valence-corrected chi connectivity index (χ1v) is 13.3. The van der Waals surface area contributed by atoms with Crippen LogP contribution < -0.4 is 15.0 Å². The fourth-order valence-corrected chi connectivity index (χ4v) is 6.45. The summed E-state index contributed by atoms with van der Waals surface area (Å²) >= 11 is 0. The van der Waals surface area contributed by atoms with Crippen LogP contribution in [-0.2, 0) is 16.7 Å². The van der Waals surface area contributed by atoms with Crippen molar-refractivity contribution in [2.24, 2.45) is 0 Å². The third kappa shape index (κ3) is 3.87. The van der Waals surface area contributed by atoms with Crippen LogP contribution in [0.4, 0.5) is 0 Å². The van der Waals surface area contributed by atoms with Crippen LogP contribution in [0.2, 0.25) is 0 Å². The normalized spacial score (nSPS) is 27.6. The van der Waals surface area contributed by atoms with E-state index in [0.29, 0.717) is 48.4 Å². The van der Waals surface area contributed by atoms with Gasteiger partial charge in [-0.05, 0) is 83.8 Å². The highest BCUT2D eigenvalue weighted by Gasteiger charge is 2.55. The molecule has 4 heterocycles. The summed E-state index contributed by atoms with van der Waals surface area (Å²) in [5.41, 5.74) is 4.75. The lowest BCUT2D eigenvalue weighted by molar-refractivity contribution is -0.190. The lowest BCUT2D eigenvalue weighted by Crippen LogP contribution is -2.53. The number of amides is 1. The van der Waals surface area contributed by atoms with E-state index in [1.807, 2.05) is 44.7 Å². The first-order chi connectivity index (χ1) is 17.5. The smallest absolute Gasteiger partial charge is 0.274 e. The zero-order chi connectivity index (χ0) is 26.3. The van der Waals surface area contributed by atoms with E-state index in [9.17, 15) is 9.59 Å². The van der Waals surface area contributed by atoms with Gasteiger partial charge in [0, 0.05) is 41.7 Å². The van der Waals surface area contributed by atoms with Crippen LogP contribution in [0.3, 0.4) is 0 Å². The highest BCUT2D eigenvalue weighted by molar-refractivity contribution is 6.00. The molecule has 8 heteroatoms. The Hall–Kier alpha value is -2.84. The van der Waals surface area contributed by atoms with E-state index >= 15 is 0 Å². The van der Waals surface area contributed by atoms with Gasteiger partial charge in [0.1, 0.15) is 6.10 Å². The Morgan fingerprint density at radius 3 is 2.49 bits per heavy atom. The van der Waals surface area contributed by atoms with Crippen LogP contribution in [0.25, 0.3) is 0 Å². The number of aryl methyl sites for hydroxylation is 2. The molecule has 1 amide bonds. The molecule has 8 nitrogen and oxygen atoms in total. The van der Waals surface area contributed by atoms with Crippen LogP contribution in [-0.4, -0.2) is 65.9 Å².